The van der Waals surface area contributed by atoms with Crippen molar-refractivity contribution in [2.75, 3.05) is 25.0 Å². The summed E-state index contributed by atoms with van der Waals surface area (Å²) >= 11 is 0. The number of fused-ring (bicyclic) bond motifs is 1. The van der Waals surface area contributed by atoms with Gasteiger partial charge in [-0.2, -0.15) is 0 Å². The first-order valence-corrected chi connectivity index (χ1v) is 12.2. The number of hydrogen-bond donors (Lipinski definition) is 2. The highest BCUT2D eigenvalue weighted by Gasteiger charge is 2.36. The lowest BCUT2D eigenvalue weighted by molar-refractivity contribution is -0.136. The Labute approximate surface area is 208 Å². The molecule has 0 radical (unpaired) electrons. The average Bonchev–Trinajstić information content (AvgIpc) is 3.29. The molecule has 6 nitrogen and oxygen atoms in total. The highest BCUT2D eigenvalue weighted by molar-refractivity contribution is 6.01. The normalized spacial score (nSPS) is 21.1. The Bertz CT molecular complexity index is 1230. The summed E-state index contributed by atoms with van der Waals surface area (Å²) < 4.78 is 27.5. The molecule has 5 rings (SSSR count). The van der Waals surface area contributed by atoms with Crippen molar-refractivity contribution < 1.29 is 18.4 Å². The average molecular weight is 491 g/mol. The summed E-state index contributed by atoms with van der Waals surface area (Å²) in [6.07, 6.45) is 4.00. The molecule has 0 aliphatic carbocycles. The van der Waals surface area contributed by atoms with Crippen molar-refractivity contribution in [1.29, 1.82) is 0 Å². The summed E-state index contributed by atoms with van der Waals surface area (Å²) in [6, 6.07) is 14.8. The van der Waals surface area contributed by atoms with Crippen LogP contribution in [0, 0.1) is 23.5 Å². The second-order valence-corrected chi connectivity index (χ2v) is 9.63. The zero-order valence-electron chi connectivity index (χ0n) is 19.8. The van der Waals surface area contributed by atoms with E-state index in [1.165, 1.54) is 12.1 Å². The number of anilines is 1. The first kappa shape index (κ1) is 24.1. The van der Waals surface area contributed by atoms with Gasteiger partial charge in [0.05, 0.1) is 5.92 Å². The van der Waals surface area contributed by atoms with Crippen molar-refractivity contribution in [3.63, 3.8) is 0 Å². The fourth-order valence-electron chi connectivity index (χ4n) is 5.35. The number of pyridine rings is 1. The molecule has 1 fully saturated rings. The standard InChI is InChI=1S/C28H28F2N4O2/c29-22-10-19(11-23(30)12-22)9-20-14-32-15-21(20)17-34(16-18-5-7-31-8-6-18)28(36)25-13-27(35)33-26-4-2-1-3-24(25)26/h1-8,10-12,20-21,25,32H,9,13-17H2,(H,33,35). The molecule has 36 heavy (non-hydrogen) atoms. The molecule has 1 aromatic heterocycles. The zero-order valence-corrected chi connectivity index (χ0v) is 19.8. The van der Waals surface area contributed by atoms with Crippen molar-refractivity contribution in [3.8, 4) is 0 Å². The number of nitrogens with one attached hydrogen (secondary N) is 2. The van der Waals surface area contributed by atoms with Crippen LogP contribution in [0.25, 0.3) is 0 Å². The Kier molecular flexibility index (Phi) is 7.04. The minimum Gasteiger partial charge on any atom is -0.337 e. The molecule has 0 bridgehead atoms. The zero-order chi connectivity index (χ0) is 25.1. The van der Waals surface area contributed by atoms with E-state index in [1.807, 2.05) is 41.3 Å². The lowest BCUT2D eigenvalue weighted by atomic mass is 9.87. The fourth-order valence-corrected chi connectivity index (χ4v) is 5.35. The van der Waals surface area contributed by atoms with Crippen LogP contribution >= 0.6 is 0 Å². The number of aromatic nitrogens is 1. The highest BCUT2D eigenvalue weighted by atomic mass is 19.1. The van der Waals surface area contributed by atoms with Crippen molar-refractivity contribution in [2.45, 2.75) is 25.3 Å². The van der Waals surface area contributed by atoms with Crippen LogP contribution in [0.3, 0.4) is 0 Å². The number of para-hydroxylation sites is 1. The van der Waals surface area contributed by atoms with Crippen LogP contribution in [0.2, 0.25) is 0 Å². The molecule has 2 aliphatic rings. The lowest BCUT2D eigenvalue weighted by Crippen LogP contribution is -2.42. The van der Waals surface area contributed by atoms with Crippen LogP contribution in [-0.4, -0.2) is 41.3 Å². The Morgan fingerprint density at radius 3 is 2.47 bits per heavy atom. The van der Waals surface area contributed by atoms with Crippen LogP contribution in [-0.2, 0) is 22.6 Å². The molecular formula is C28H28F2N4O2. The van der Waals surface area contributed by atoms with E-state index in [4.69, 9.17) is 0 Å². The monoisotopic (exact) mass is 490 g/mol. The van der Waals surface area contributed by atoms with Crippen LogP contribution in [0.5, 0.6) is 0 Å². The smallest absolute Gasteiger partial charge is 0.231 e. The van der Waals surface area contributed by atoms with E-state index in [1.54, 1.807) is 12.4 Å². The maximum atomic E-state index is 14.0. The number of halogens is 2. The number of carbonyl (C=O) groups excluding carboxylic acids is 2. The molecule has 2 N–H and O–H groups in total. The molecule has 3 aromatic rings. The Morgan fingerprint density at radius 2 is 1.69 bits per heavy atom. The van der Waals surface area contributed by atoms with Crippen molar-refractivity contribution in [2.24, 2.45) is 11.8 Å². The van der Waals surface area contributed by atoms with E-state index < -0.39 is 17.6 Å². The Hall–Kier alpha value is -3.65. The molecular weight excluding hydrogens is 462 g/mol. The van der Waals surface area contributed by atoms with E-state index in [2.05, 4.69) is 15.6 Å². The van der Waals surface area contributed by atoms with Crippen LogP contribution < -0.4 is 10.6 Å². The van der Waals surface area contributed by atoms with Crippen LogP contribution in [0.1, 0.15) is 29.0 Å². The van der Waals surface area contributed by atoms with Crippen molar-refractivity contribution in [1.82, 2.24) is 15.2 Å². The number of rotatable bonds is 7. The van der Waals surface area contributed by atoms with Gasteiger partial charge < -0.3 is 15.5 Å². The maximum absolute atomic E-state index is 14.0. The minimum atomic E-state index is -0.587. The summed E-state index contributed by atoms with van der Waals surface area (Å²) in [5, 5.41) is 6.24. The summed E-state index contributed by atoms with van der Waals surface area (Å²) in [6.45, 7) is 2.26. The largest absolute Gasteiger partial charge is 0.337 e. The van der Waals surface area contributed by atoms with Gasteiger partial charge in [-0.15, -0.1) is 0 Å². The van der Waals surface area contributed by atoms with Crippen LogP contribution in [0.15, 0.2) is 67.0 Å². The first-order chi connectivity index (χ1) is 17.5. The van der Waals surface area contributed by atoms with Gasteiger partial charge in [0.2, 0.25) is 11.8 Å². The molecule has 8 heteroatoms. The Balaban J connectivity index is 1.39. The van der Waals surface area contributed by atoms with E-state index in [0.29, 0.717) is 43.9 Å². The van der Waals surface area contributed by atoms with Crippen molar-refractivity contribution >= 4 is 17.5 Å². The molecule has 0 saturated carbocycles. The van der Waals surface area contributed by atoms with Crippen molar-refractivity contribution in [3.05, 3.63) is 95.3 Å². The van der Waals surface area contributed by atoms with Gasteiger partial charge in [-0.1, -0.05) is 18.2 Å². The van der Waals surface area contributed by atoms with E-state index in [0.717, 1.165) is 17.2 Å². The van der Waals surface area contributed by atoms with Gasteiger partial charge in [-0.25, -0.2) is 8.78 Å². The topological polar surface area (TPSA) is 74.3 Å². The van der Waals surface area contributed by atoms with E-state index >= 15 is 0 Å². The number of amides is 2. The highest BCUT2D eigenvalue weighted by Crippen LogP contribution is 2.34. The van der Waals surface area contributed by atoms with Gasteiger partial charge in [0.15, 0.2) is 0 Å². The summed E-state index contributed by atoms with van der Waals surface area (Å²) in [7, 11) is 0. The number of benzene rings is 2. The molecule has 3 heterocycles. The van der Waals surface area contributed by atoms with Gasteiger partial charge in [0.25, 0.3) is 0 Å². The van der Waals surface area contributed by atoms with E-state index in [9.17, 15) is 18.4 Å². The van der Waals surface area contributed by atoms with Gasteiger partial charge in [0.1, 0.15) is 11.6 Å². The molecule has 1 saturated heterocycles. The predicted molar refractivity (Wildman–Crippen MR) is 132 cm³/mol. The molecule has 3 unspecified atom stereocenters. The maximum Gasteiger partial charge on any atom is 0.231 e. The molecule has 0 spiro atoms. The predicted octanol–water partition coefficient (Wildman–Crippen LogP) is 3.89. The number of nitrogens with zero attached hydrogens (tertiary/aromatic N) is 2. The molecule has 2 aromatic carbocycles. The van der Waals surface area contributed by atoms with Gasteiger partial charge in [0, 0.05) is 43.7 Å². The second kappa shape index (κ2) is 10.5. The SMILES string of the molecule is O=C1CC(C(=O)N(Cc2ccncc2)CC2CNCC2Cc2cc(F)cc(F)c2)c2ccccc2N1. The van der Waals surface area contributed by atoms with Gasteiger partial charge >= 0.3 is 0 Å². The number of carbonyl (C=O) groups is 2. The van der Waals surface area contributed by atoms with E-state index in [-0.39, 0.29) is 30.1 Å². The third-order valence-electron chi connectivity index (χ3n) is 7.09. The number of hydrogen-bond acceptors (Lipinski definition) is 4. The molecule has 2 amide bonds. The molecule has 2 aliphatic heterocycles. The molecule has 186 valence electrons. The third kappa shape index (κ3) is 5.44. The Morgan fingerprint density at radius 1 is 0.972 bits per heavy atom. The van der Waals surface area contributed by atoms with Gasteiger partial charge in [-0.05, 0) is 78.4 Å². The fraction of sp³-hybridized carbons (Fsp3) is 0.321. The lowest BCUT2D eigenvalue weighted by Gasteiger charge is -2.33. The summed E-state index contributed by atoms with van der Waals surface area (Å²) in [4.78, 5) is 32.3. The quantitative estimate of drug-likeness (QED) is 0.527. The summed E-state index contributed by atoms with van der Waals surface area (Å²) in [5.41, 5.74) is 3.04. The second-order valence-electron chi connectivity index (χ2n) is 9.63. The summed E-state index contributed by atoms with van der Waals surface area (Å²) in [5.74, 6) is -1.81. The van der Waals surface area contributed by atoms with Gasteiger partial charge in [-0.3, -0.25) is 14.6 Å². The third-order valence-corrected chi connectivity index (χ3v) is 7.09. The minimum absolute atomic E-state index is 0.0924. The first-order valence-electron chi connectivity index (χ1n) is 12.2. The molecule has 3 atom stereocenters. The van der Waals surface area contributed by atoms with Crippen LogP contribution in [0.4, 0.5) is 14.5 Å².